The van der Waals surface area contributed by atoms with Crippen molar-refractivity contribution in [3.8, 4) is 5.69 Å². The Bertz CT molecular complexity index is 1330. The third kappa shape index (κ3) is 5.17. The monoisotopic (exact) mass is 457 g/mol. The number of anilines is 2. The van der Waals surface area contributed by atoms with Crippen LogP contribution in [0.5, 0.6) is 0 Å². The molecular weight excluding hydrogens is 433 g/mol. The summed E-state index contributed by atoms with van der Waals surface area (Å²) in [6.07, 6.45) is 3.05. The molecule has 0 fully saturated rings. The van der Waals surface area contributed by atoms with Gasteiger partial charge in [-0.25, -0.2) is 9.07 Å². The van der Waals surface area contributed by atoms with Crippen molar-refractivity contribution in [3.05, 3.63) is 102 Å². The topological polar surface area (TPSA) is 88.9 Å². The second-order valence-corrected chi connectivity index (χ2v) is 8.78. The van der Waals surface area contributed by atoms with Crippen molar-refractivity contribution >= 4 is 23.3 Å². The van der Waals surface area contributed by atoms with E-state index < -0.39 is 0 Å². The van der Waals surface area contributed by atoms with Gasteiger partial charge in [-0.1, -0.05) is 26.8 Å². The Kier molecular flexibility index (Phi) is 6.23. The van der Waals surface area contributed by atoms with E-state index in [0.29, 0.717) is 28.3 Å². The summed E-state index contributed by atoms with van der Waals surface area (Å²) in [5, 5.41) is 10.3. The molecule has 0 atom stereocenters. The summed E-state index contributed by atoms with van der Waals surface area (Å²) in [6.45, 7) is 6.05. The van der Waals surface area contributed by atoms with Crippen LogP contribution in [-0.4, -0.2) is 26.6 Å². The number of carbonyl (C=O) groups excluding carboxylic acids is 2. The highest BCUT2D eigenvalue weighted by Gasteiger charge is 2.22. The number of rotatable bonds is 5. The number of halogens is 1. The van der Waals surface area contributed by atoms with Crippen molar-refractivity contribution in [2.24, 2.45) is 0 Å². The predicted molar refractivity (Wildman–Crippen MR) is 129 cm³/mol. The molecule has 0 radical (unpaired) electrons. The lowest BCUT2D eigenvalue weighted by Gasteiger charge is -2.14. The first-order chi connectivity index (χ1) is 16.2. The van der Waals surface area contributed by atoms with Crippen molar-refractivity contribution in [2.45, 2.75) is 26.2 Å². The van der Waals surface area contributed by atoms with Gasteiger partial charge in [-0.05, 0) is 54.6 Å². The minimum Gasteiger partial charge on any atom is -0.322 e. The number of hydrogen-bond acceptors (Lipinski definition) is 4. The van der Waals surface area contributed by atoms with E-state index in [-0.39, 0.29) is 23.0 Å². The molecule has 2 heterocycles. The smallest absolute Gasteiger partial charge is 0.257 e. The van der Waals surface area contributed by atoms with Gasteiger partial charge < -0.3 is 10.6 Å². The minimum atomic E-state index is -0.374. The molecule has 0 bridgehead atoms. The molecule has 0 unspecified atom stereocenters. The molecule has 2 aromatic heterocycles. The van der Waals surface area contributed by atoms with Crippen molar-refractivity contribution in [2.75, 3.05) is 10.6 Å². The third-order valence-corrected chi connectivity index (χ3v) is 5.10. The number of nitrogens with one attached hydrogen (secondary N) is 2. The molecule has 0 saturated heterocycles. The Hall–Kier alpha value is -4.33. The van der Waals surface area contributed by atoms with Crippen LogP contribution >= 0.6 is 0 Å². The summed E-state index contributed by atoms with van der Waals surface area (Å²) in [4.78, 5) is 29.4. The minimum absolute atomic E-state index is 0.263. The molecule has 34 heavy (non-hydrogen) atoms. The summed E-state index contributed by atoms with van der Waals surface area (Å²) in [5.74, 6) is -0.606. The molecule has 0 spiro atoms. The fourth-order valence-corrected chi connectivity index (χ4v) is 3.24. The van der Waals surface area contributed by atoms with Gasteiger partial charge in [-0.15, -0.1) is 0 Å². The molecule has 4 rings (SSSR count). The van der Waals surface area contributed by atoms with Crippen LogP contribution in [0, 0.1) is 5.82 Å². The lowest BCUT2D eigenvalue weighted by atomic mass is 9.92. The lowest BCUT2D eigenvalue weighted by molar-refractivity contribution is 0.101. The van der Waals surface area contributed by atoms with E-state index >= 15 is 0 Å². The molecule has 2 N–H and O–H groups in total. The molecule has 0 aliphatic heterocycles. The molecule has 0 aliphatic rings. The number of amides is 2. The van der Waals surface area contributed by atoms with Crippen LogP contribution in [0.3, 0.4) is 0 Å². The van der Waals surface area contributed by atoms with Crippen LogP contribution in [0.1, 0.15) is 47.2 Å². The van der Waals surface area contributed by atoms with Crippen molar-refractivity contribution in [1.29, 1.82) is 0 Å². The van der Waals surface area contributed by atoms with E-state index in [0.717, 1.165) is 5.69 Å². The van der Waals surface area contributed by atoms with Gasteiger partial charge in [0.2, 0.25) is 0 Å². The lowest BCUT2D eigenvalue weighted by Crippen LogP contribution is -2.16. The molecule has 2 amide bonds. The Morgan fingerprint density at radius 1 is 0.882 bits per heavy atom. The van der Waals surface area contributed by atoms with Gasteiger partial charge in [-0.2, -0.15) is 5.10 Å². The van der Waals surface area contributed by atoms with Crippen molar-refractivity contribution in [3.63, 3.8) is 0 Å². The zero-order valence-electron chi connectivity index (χ0n) is 19.0. The summed E-state index contributed by atoms with van der Waals surface area (Å²) < 4.78 is 15.0. The average Bonchev–Trinajstić information content (AvgIpc) is 3.24. The number of aromatic nitrogens is 3. The first-order valence-corrected chi connectivity index (χ1v) is 10.7. The zero-order valence-corrected chi connectivity index (χ0v) is 19.0. The number of carbonyl (C=O) groups is 2. The van der Waals surface area contributed by atoms with Crippen LogP contribution in [0.4, 0.5) is 15.9 Å². The average molecular weight is 458 g/mol. The van der Waals surface area contributed by atoms with Crippen LogP contribution in [0.25, 0.3) is 5.69 Å². The Morgan fingerprint density at radius 2 is 1.59 bits per heavy atom. The first kappa shape index (κ1) is 22.8. The van der Waals surface area contributed by atoms with E-state index in [2.05, 4.69) is 20.7 Å². The Morgan fingerprint density at radius 3 is 2.26 bits per heavy atom. The van der Waals surface area contributed by atoms with Gasteiger partial charge in [0.05, 0.1) is 16.9 Å². The summed E-state index contributed by atoms with van der Waals surface area (Å²) in [7, 11) is 0. The Balaban J connectivity index is 1.59. The second-order valence-electron chi connectivity index (χ2n) is 8.78. The van der Waals surface area contributed by atoms with Gasteiger partial charge in [0, 0.05) is 35.1 Å². The normalized spacial score (nSPS) is 11.2. The van der Waals surface area contributed by atoms with Crippen LogP contribution < -0.4 is 10.6 Å². The van der Waals surface area contributed by atoms with Crippen LogP contribution in [0.15, 0.2) is 79.1 Å². The van der Waals surface area contributed by atoms with Gasteiger partial charge in [0.1, 0.15) is 11.6 Å². The number of nitrogens with zero attached hydrogens (tertiary/aromatic N) is 3. The molecular formula is C26H24FN5O2. The van der Waals surface area contributed by atoms with E-state index in [1.165, 1.54) is 18.3 Å². The van der Waals surface area contributed by atoms with Gasteiger partial charge in [-0.3, -0.25) is 14.6 Å². The maximum absolute atomic E-state index is 13.4. The largest absolute Gasteiger partial charge is 0.322 e. The maximum Gasteiger partial charge on any atom is 0.257 e. The maximum atomic E-state index is 13.4. The Labute approximate surface area is 196 Å². The van der Waals surface area contributed by atoms with Crippen molar-refractivity contribution in [1.82, 2.24) is 14.8 Å². The highest BCUT2D eigenvalue weighted by molar-refractivity contribution is 6.07. The molecule has 172 valence electrons. The van der Waals surface area contributed by atoms with Gasteiger partial charge in [0.15, 0.2) is 0 Å². The third-order valence-electron chi connectivity index (χ3n) is 5.10. The molecule has 7 nitrogen and oxygen atoms in total. The summed E-state index contributed by atoms with van der Waals surface area (Å²) in [6, 6.07) is 17.6. The zero-order chi connectivity index (χ0) is 24.3. The quantitative estimate of drug-likeness (QED) is 0.431. The van der Waals surface area contributed by atoms with Gasteiger partial charge >= 0.3 is 0 Å². The first-order valence-electron chi connectivity index (χ1n) is 10.7. The van der Waals surface area contributed by atoms with E-state index in [4.69, 9.17) is 0 Å². The van der Waals surface area contributed by atoms with Crippen LogP contribution in [0.2, 0.25) is 0 Å². The van der Waals surface area contributed by atoms with E-state index in [1.54, 1.807) is 65.5 Å². The summed E-state index contributed by atoms with van der Waals surface area (Å²) >= 11 is 0. The number of pyridine rings is 1. The fourth-order valence-electron chi connectivity index (χ4n) is 3.24. The van der Waals surface area contributed by atoms with E-state index in [9.17, 15) is 14.0 Å². The molecule has 2 aromatic carbocycles. The SMILES string of the molecule is CC(C)(C)c1cc(NC(=O)c2cccc(NC(=O)c3cccnc3)c2)n(-c2ccc(F)cc2)n1. The molecule has 0 aliphatic carbocycles. The second kappa shape index (κ2) is 9.27. The standard InChI is InChI=1S/C26H24FN5O2/c1-26(2,3)22-15-23(32(31-22)21-11-9-19(27)10-12-21)30-24(33)17-6-4-8-20(14-17)29-25(34)18-7-5-13-28-16-18/h4-16H,1-3H3,(H,29,34)(H,30,33). The van der Waals surface area contributed by atoms with E-state index in [1.807, 2.05) is 20.8 Å². The molecule has 0 saturated carbocycles. The highest BCUT2D eigenvalue weighted by atomic mass is 19.1. The predicted octanol–water partition coefficient (Wildman–Crippen LogP) is 5.21. The number of benzene rings is 2. The van der Waals surface area contributed by atoms with Gasteiger partial charge in [0.25, 0.3) is 11.8 Å². The summed E-state index contributed by atoms with van der Waals surface area (Å²) in [5.41, 5.74) is 2.36. The number of hydrogen-bond donors (Lipinski definition) is 2. The molecule has 4 aromatic rings. The fraction of sp³-hybridized carbons (Fsp3) is 0.154. The van der Waals surface area contributed by atoms with Crippen molar-refractivity contribution < 1.29 is 14.0 Å². The highest BCUT2D eigenvalue weighted by Crippen LogP contribution is 2.27. The molecule has 8 heteroatoms. The van der Waals surface area contributed by atoms with Crippen LogP contribution in [-0.2, 0) is 5.41 Å².